The van der Waals surface area contributed by atoms with Gasteiger partial charge < -0.3 is 0 Å². The van der Waals surface area contributed by atoms with E-state index in [-0.39, 0.29) is 0 Å². The van der Waals surface area contributed by atoms with Gasteiger partial charge in [0.15, 0.2) is 0 Å². The van der Waals surface area contributed by atoms with Crippen molar-refractivity contribution < 1.29 is 21.6 Å². The third kappa shape index (κ3) is 2.58. The van der Waals surface area contributed by atoms with E-state index in [4.69, 9.17) is 10.7 Å². The number of hydrogen-bond acceptors (Lipinski definition) is 3. The molecule has 0 atom stereocenters. The number of hydrogen-bond donors (Lipinski definition) is 0. The van der Waals surface area contributed by atoms with E-state index in [1.807, 2.05) is 0 Å². The molecule has 1 heterocycles. The van der Waals surface area contributed by atoms with E-state index in [9.17, 15) is 21.6 Å². The Morgan fingerprint density at radius 2 is 1.92 bits per heavy atom. The Hall–Kier alpha value is -0.270. The fourth-order valence-corrected chi connectivity index (χ4v) is 2.63. The second kappa shape index (κ2) is 3.14. The molecule has 0 saturated heterocycles. The molecule has 0 aliphatic heterocycles. The summed E-state index contributed by atoms with van der Waals surface area (Å²) in [4.78, 5) is -1.50. The minimum absolute atomic E-state index is 0.295. The molecule has 2 nitrogen and oxygen atoms in total. The van der Waals surface area contributed by atoms with Gasteiger partial charge in [0.05, 0.1) is 4.90 Å². The third-order valence-corrected chi connectivity index (χ3v) is 3.59. The maximum Gasteiger partial charge on any atom is 0.425 e. The minimum Gasteiger partial charge on any atom is -0.207 e. The molecule has 0 radical (unpaired) electrons. The molecule has 0 spiro atoms. The molecule has 0 amide bonds. The molecule has 74 valence electrons. The summed E-state index contributed by atoms with van der Waals surface area (Å²) in [7, 11) is 0.774. The fourth-order valence-electron chi connectivity index (χ4n) is 0.595. The van der Waals surface area contributed by atoms with Crippen LogP contribution >= 0.6 is 22.0 Å². The zero-order valence-electron chi connectivity index (χ0n) is 5.80. The van der Waals surface area contributed by atoms with Gasteiger partial charge >= 0.3 is 6.18 Å². The molecule has 0 N–H and O–H groups in total. The van der Waals surface area contributed by atoms with Gasteiger partial charge in [0.1, 0.15) is 4.88 Å². The van der Waals surface area contributed by atoms with Crippen LogP contribution < -0.4 is 0 Å². The average Bonchev–Trinajstić information content (AvgIpc) is 2.28. The van der Waals surface area contributed by atoms with Crippen LogP contribution in [0.25, 0.3) is 0 Å². The van der Waals surface area contributed by atoms with Crippen LogP contribution in [-0.4, -0.2) is 8.42 Å². The summed E-state index contributed by atoms with van der Waals surface area (Å²) in [6.07, 6.45) is -4.52. The van der Waals surface area contributed by atoms with Gasteiger partial charge in [0, 0.05) is 16.1 Å². The first-order valence-corrected chi connectivity index (χ1v) is 6.00. The first-order chi connectivity index (χ1) is 5.71. The largest absolute Gasteiger partial charge is 0.425 e. The summed E-state index contributed by atoms with van der Waals surface area (Å²) >= 11 is 0.295. The van der Waals surface area contributed by atoms with Crippen LogP contribution in [0.4, 0.5) is 13.2 Å². The maximum atomic E-state index is 12.0. The second-order valence-corrected chi connectivity index (χ2v) is 5.56. The van der Waals surface area contributed by atoms with Crippen molar-refractivity contribution in [2.24, 2.45) is 0 Å². The van der Waals surface area contributed by atoms with Crippen molar-refractivity contribution in [3.05, 3.63) is 16.3 Å². The van der Waals surface area contributed by atoms with Crippen LogP contribution in [0.15, 0.2) is 16.3 Å². The first kappa shape index (κ1) is 10.8. The predicted molar refractivity (Wildman–Crippen MR) is 42.4 cm³/mol. The van der Waals surface area contributed by atoms with Crippen LogP contribution in [0.3, 0.4) is 0 Å². The van der Waals surface area contributed by atoms with Crippen LogP contribution in [0.5, 0.6) is 0 Å². The zero-order valence-corrected chi connectivity index (χ0v) is 8.19. The summed E-state index contributed by atoms with van der Waals surface area (Å²) in [5, 5.41) is 0.852. The van der Waals surface area contributed by atoms with Crippen molar-refractivity contribution in [2.45, 2.75) is 11.1 Å². The first-order valence-electron chi connectivity index (χ1n) is 2.81. The topological polar surface area (TPSA) is 34.1 Å². The van der Waals surface area contributed by atoms with Gasteiger partial charge in [-0.05, 0) is 6.07 Å². The number of halogens is 4. The van der Waals surface area contributed by atoms with Crippen molar-refractivity contribution in [1.82, 2.24) is 0 Å². The van der Waals surface area contributed by atoms with Crippen LogP contribution in [0, 0.1) is 0 Å². The highest BCUT2D eigenvalue weighted by molar-refractivity contribution is 8.13. The molecule has 13 heavy (non-hydrogen) atoms. The third-order valence-electron chi connectivity index (χ3n) is 1.14. The SMILES string of the molecule is O=S(=O)(Cl)c1csc(C(F)(F)F)c1. The Balaban J connectivity index is 3.16. The lowest BCUT2D eigenvalue weighted by Crippen LogP contribution is -2.01. The Bertz CT molecular complexity index is 406. The van der Waals surface area contributed by atoms with Crippen molar-refractivity contribution in [3.63, 3.8) is 0 Å². The molecule has 0 aliphatic rings. The molecule has 0 bridgehead atoms. The van der Waals surface area contributed by atoms with Crippen LogP contribution in [-0.2, 0) is 15.2 Å². The summed E-state index contributed by atoms with van der Waals surface area (Å²) in [5.74, 6) is 0. The Morgan fingerprint density at radius 1 is 1.38 bits per heavy atom. The minimum atomic E-state index is -4.52. The van der Waals surface area contributed by atoms with Gasteiger partial charge in [0.2, 0.25) is 0 Å². The van der Waals surface area contributed by atoms with E-state index in [2.05, 4.69) is 0 Å². The van der Waals surface area contributed by atoms with Crippen molar-refractivity contribution in [2.75, 3.05) is 0 Å². The van der Waals surface area contributed by atoms with Gasteiger partial charge in [-0.15, -0.1) is 11.3 Å². The lowest BCUT2D eigenvalue weighted by molar-refractivity contribution is -0.134. The highest BCUT2D eigenvalue weighted by Crippen LogP contribution is 2.35. The normalized spacial score (nSPS) is 13.2. The standard InChI is InChI=1S/C5H2ClF3O2S2/c6-13(10,11)3-1-4(12-2-3)5(7,8)9/h1-2H. The second-order valence-electron chi connectivity index (χ2n) is 2.08. The van der Waals surface area contributed by atoms with Crippen molar-refractivity contribution in [1.29, 1.82) is 0 Å². The molecular weight excluding hydrogens is 249 g/mol. The fraction of sp³-hybridized carbons (Fsp3) is 0.200. The molecule has 0 saturated carbocycles. The van der Waals surface area contributed by atoms with E-state index in [1.165, 1.54) is 0 Å². The molecule has 0 fully saturated rings. The molecule has 0 unspecified atom stereocenters. The van der Waals surface area contributed by atoms with Gasteiger partial charge in [0.25, 0.3) is 9.05 Å². The van der Waals surface area contributed by atoms with Gasteiger partial charge in [-0.25, -0.2) is 8.42 Å². The lowest BCUT2D eigenvalue weighted by atomic mass is 10.5. The highest BCUT2D eigenvalue weighted by Gasteiger charge is 2.33. The molecular formula is C5H2ClF3O2S2. The number of alkyl halides is 3. The Kier molecular flexibility index (Phi) is 2.61. The maximum absolute atomic E-state index is 12.0. The molecule has 1 aromatic heterocycles. The predicted octanol–water partition coefficient (Wildman–Crippen LogP) is 2.69. The average molecular weight is 251 g/mol. The van der Waals surface area contributed by atoms with E-state index in [1.54, 1.807) is 0 Å². The van der Waals surface area contributed by atoms with E-state index in [0.29, 0.717) is 17.4 Å². The number of rotatable bonds is 1. The van der Waals surface area contributed by atoms with E-state index < -0.39 is 25.0 Å². The van der Waals surface area contributed by atoms with Gasteiger partial charge in [-0.1, -0.05) is 0 Å². The lowest BCUT2D eigenvalue weighted by Gasteiger charge is -1.99. The summed E-state index contributed by atoms with van der Waals surface area (Å²) in [6.45, 7) is 0. The van der Waals surface area contributed by atoms with Gasteiger partial charge in [-0.2, -0.15) is 13.2 Å². The zero-order chi connectivity index (χ0) is 10.3. The van der Waals surface area contributed by atoms with Gasteiger partial charge in [-0.3, -0.25) is 0 Å². The monoisotopic (exact) mass is 250 g/mol. The smallest absolute Gasteiger partial charge is 0.207 e. The van der Waals surface area contributed by atoms with Crippen LogP contribution in [0.2, 0.25) is 0 Å². The number of thiophene rings is 1. The Labute approximate surface area is 80.4 Å². The van der Waals surface area contributed by atoms with E-state index in [0.717, 1.165) is 5.38 Å². The summed E-state index contributed by atoms with van der Waals surface area (Å²) in [5.41, 5.74) is 0. The molecule has 1 rings (SSSR count). The Morgan fingerprint density at radius 3 is 2.15 bits per heavy atom. The van der Waals surface area contributed by atoms with Crippen molar-refractivity contribution >= 4 is 31.1 Å². The molecule has 0 aliphatic carbocycles. The quantitative estimate of drug-likeness (QED) is 0.718. The van der Waals surface area contributed by atoms with Crippen molar-refractivity contribution in [3.8, 4) is 0 Å². The summed E-state index contributed by atoms with van der Waals surface area (Å²) < 4.78 is 57.0. The molecule has 0 aromatic carbocycles. The summed E-state index contributed by atoms with van der Waals surface area (Å²) in [6, 6.07) is 0.507. The van der Waals surface area contributed by atoms with E-state index >= 15 is 0 Å². The molecule has 1 aromatic rings. The molecule has 8 heteroatoms. The van der Waals surface area contributed by atoms with Crippen LogP contribution in [0.1, 0.15) is 4.88 Å². The highest BCUT2D eigenvalue weighted by atomic mass is 35.7.